The molecule has 3 rings (SSSR count). The number of hydrogen-bond acceptors (Lipinski definition) is 7. The number of ketones is 1. The van der Waals surface area contributed by atoms with Crippen LogP contribution in [0.1, 0.15) is 28.4 Å². The highest BCUT2D eigenvalue weighted by Gasteiger charge is 2.21. The van der Waals surface area contributed by atoms with E-state index >= 15 is 0 Å². The van der Waals surface area contributed by atoms with Crippen LogP contribution in [0.25, 0.3) is 11.5 Å². The predicted molar refractivity (Wildman–Crippen MR) is 108 cm³/mol. The molecule has 6 nitrogen and oxygen atoms in total. The van der Waals surface area contributed by atoms with Gasteiger partial charge >= 0.3 is 0 Å². The molecule has 0 amide bonds. The van der Waals surface area contributed by atoms with Gasteiger partial charge in [0.15, 0.2) is 5.78 Å². The molecule has 0 fully saturated rings. The number of methoxy groups -OCH3 is 2. The molecule has 1 heterocycles. The third-order valence-corrected chi connectivity index (χ3v) is 5.38. The monoisotopic (exact) mass is 398 g/mol. The number of thioether (sulfide) groups is 1. The quantitative estimate of drug-likeness (QED) is 0.420. The Hall–Kier alpha value is -2.80. The summed E-state index contributed by atoms with van der Waals surface area (Å²) in [5.74, 6) is 1.61. The van der Waals surface area contributed by atoms with Crippen molar-refractivity contribution in [3.05, 3.63) is 53.1 Å². The lowest BCUT2D eigenvalue weighted by atomic mass is 10.0. The fourth-order valence-corrected chi connectivity index (χ4v) is 3.40. The van der Waals surface area contributed by atoms with Gasteiger partial charge in [-0.2, -0.15) is 0 Å². The minimum atomic E-state index is -0.352. The van der Waals surface area contributed by atoms with Gasteiger partial charge in [0.2, 0.25) is 5.89 Å². The van der Waals surface area contributed by atoms with Gasteiger partial charge < -0.3 is 13.9 Å². The molecule has 3 aromatic rings. The van der Waals surface area contributed by atoms with Gasteiger partial charge in [0.1, 0.15) is 11.5 Å². The van der Waals surface area contributed by atoms with E-state index in [1.807, 2.05) is 39.0 Å². The van der Waals surface area contributed by atoms with Crippen LogP contribution in [0, 0.1) is 13.8 Å². The Morgan fingerprint density at radius 2 is 1.68 bits per heavy atom. The normalized spacial score (nSPS) is 11.9. The number of aryl methyl sites for hydroxylation is 2. The van der Waals surface area contributed by atoms with Gasteiger partial charge in [-0.25, -0.2) is 0 Å². The van der Waals surface area contributed by atoms with Crippen LogP contribution in [0.15, 0.2) is 46.0 Å². The summed E-state index contributed by atoms with van der Waals surface area (Å²) in [5, 5.41) is 8.13. The summed E-state index contributed by atoms with van der Waals surface area (Å²) in [6.45, 7) is 5.85. The Balaban J connectivity index is 1.77. The number of carbonyl (C=O) groups is 1. The van der Waals surface area contributed by atoms with Crippen LogP contribution in [0.4, 0.5) is 0 Å². The topological polar surface area (TPSA) is 74.5 Å². The van der Waals surface area contributed by atoms with E-state index in [0.29, 0.717) is 33.7 Å². The molecule has 146 valence electrons. The lowest BCUT2D eigenvalue weighted by Gasteiger charge is -2.09. The zero-order chi connectivity index (χ0) is 20.3. The summed E-state index contributed by atoms with van der Waals surface area (Å²) in [5.41, 5.74) is 3.62. The van der Waals surface area contributed by atoms with Crippen molar-refractivity contribution >= 4 is 17.5 Å². The van der Waals surface area contributed by atoms with Crippen molar-refractivity contribution in [3.8, 4) is 23.0 Å². The third-order valence-electron chi connectivity index (χ3n) is 4.44. The van der Waals surface area contributed by atoms with Gasteiger partial charge in [0, 0.05) is 17.2 Å². The molecule has 1 atom stereocenters. The summed E-state index contributed by atoms with van der Waals surface area (Å²) >= 11 is 1.24. The molecule has 0 radical (unpaired) electrons. The molecule has 0 spiro atoms. The van der Waals surface area contributed by atoms with Crippen molar-refractivity contribution in [3.63, 3.8) is 0 Å². The predicted octanol–water partition coefficient (Wildman–Crippen LogP) is 4.73. The van der Waals surface area contributed by atoms with Crippen LogP contribution < -0.4 is 9.47 Å². The maximum atomic E-state index is 12.7. The highest BCUT2D eigenvalue weighted by molar-refractivity contribution is 8.00. The number of benzene rings is 2. The Morgan fingerprint density at radius 1 is 1.00 bits per heavy atom. The summed E-state index contributed by atoms with van der Waals surface area (Å²) in [6, 6.07) is 11.1. The van der Waals surface area contributed by atoms with E-state index in [1.54, 1.807) is 32.4 Å². The first-order valence-electron chi connectivity index (χ1n) is 8.76. The zero-order valence-electron chi connectivity index (χ0n) is 16.5. The average molecular weight is 398 g/mol. The first-order chi connectivity index (χ1) is 13.4. The molecule has 0 aliphatic rings. The second kappa shape index (κ2) is 8.48. The van der Waals surface area contributed by atoms with Crippen molar-refractivity contribution in [2.75, 3.05) is 14.2 Å². The number of nitrogens with zero attached hydrogens (tertiary/aromatic N) is 2. The van der Waals surface area contributed by atoms with Gasteiger partial charge in [0.05, 0.1) is 19.5 Å². The number of hydrogen-bond donors (Lipinski definition) is 0. The fourth-order valence-electron chi connectivity index (χ4n) is 2.64. The highest BCUT2D eigenvalue weighted by atomic mass is 32.2. The number of aromatic nitrogens is 2. The van der Waals surface area contributed by atoms with Crippen molar-refractivity contribution in [1.29, 1.82) is 0 Å². The van der Waals surface area contributed by atoms with Gasteiger partial charge in [-0.1, -0.05) is 23.9 Å². The summed E-state index contributed by atoms with van der Waals surface area (Å²) in [6.07, 6.45) is 0. The van der Waals surface area contributed by atoms with Crippen molar-refractivity contribution in [2.24, 2.45) is 0 Å². The maximum absolute atomic E-state index is 12.7. The van der Waals surface area contributed by atoms with E-state index in [-0.39, 0.29) is 11.0 Å². The van der Waals surface area contributed by atoms with E-state index in [9.17, 15) is 4.79 Å². The van der Waals surface area contributed by atoms with Gasteiger partial charge in [-0.05, 0) is 50.1 Å². The fraction of sp³-hybridized carbons (Fsp3) is 0.286. The smallest absolute Gasteiger partial charge is 0.277 e. The molecular weight excluding hydrogens is 376 g/mol. The SMILES string of the molecule is COc1cc(OC)cc(-c2nnc(S[C@@H](C)C(=O)c3ccc(C)c(C)c3)o2)c1. The average Bonchev–Trinajstić information content (AvgIpc) is 3.17. The van der Waals surface area contributed by atoms with E-state index < -0.39 is 0 Å². The van der Waals surface area contributed by atoms with Crippen LogP contribution in [-0.4, -0.2) is 35.5 Å². The van der Waals surface area contributed by atoms with Gasteiger partial charge in [-0.15, -0.1) is 10.2 Å². The lowest BCUT2D eigenvalue weighted by molar-refractivity contribution is 0.0993. The molecule has 0 N–H and O–H groups in total. The number of Topliss-reactive ketones (excluding diaryl/α,β-unsaturated/α-hetero) is 1. The molecule has 0 bridgehead atoms. The van der Waals surface area contributed by atoms with Crippen LogP contribution in [0.3, 0.4) is 0 Å². The van der Waals surface area contributed by atoms with Crippen molar-refractivity contribution in [1.82, 2.24) is 10.2 Å². The number of ether oxygens (including phenoxy) is 2. The molecule has 0 aliphatic heterocycles. The van der Waals surface area contributed by atoms with E-state index in [4.69, 9.17) is 13.9 Å². The zero-order valence-corrected chi connectivity index (χ0v) is 17.3. The van der Waals surface area contributed by atoms with Crippen LogP contribution in [0.2, 0.25) is 0 Å². The molecule has 0 unspecified atom stereocenters. The molecule has 0 aliphatic carbocycles. The molecule has 1 aromatic heterocycles. The first-order valence-corrected chi connectivity index (χ1v) is 9.64. The molecular formula is C21H22N2O4S. The number of carbonyl (C=O) groups excluding carboxylic acids is 1. The van der Waals surface area contributed by atoms with Gasteiger partial charge in [0.25, 0.3) is 5.22 Å². The van der Waals surface area contributed by atoms with Crippen LogP contribution >= 0.6 is 11.8 Å². The Morgan fingerprint density at radius 3 is 2.29 bits per heavy atom. The minimum Gasteiger partial charge on any atom is -0.497 e. The van der Waals surface area contributed by atoms with Crippen LogP contribution in [-0.2, 0) is 0 Å². The third kappa shape index (κ3) is 4.36. The largest absolute Gasteiger partial charge is 0.497 e. The number of rotatable bonds is 7. The summed E-state index contributed by atoms with van der Waals surface area (Å²) < 4.78 is 16.3. The maximum Gasteiger partial charge on any atom is 0.277 e. The molecule has 7 heteroatoms. The highest BCUT2D eigenvalue weighted by Crippen LogP contribution is 2.32. The van der Waals surface area contributed by atoms with E-state index in [1.165, 1.54) is 11.8 Å². The Bertz CT molecular complexity index is 978. The lowest BCUT2D eigenvalue weighted by Crippen LogP contribution is -2.13. The van der Waals surface area contributed by atoms with Crippen molar-refractivity contribution < 1.29 is 18.7 Å². The molecule has 2 aromatic carbocycles. The first kappa shape index (κ1) is 19.9. The molecule has 0 saturated heterocycles. The summed E-state index contributed by atoms with van der Waals surface area (Å²) in [4.78, 5) is 12.7. The molecule has 28 heavy (non-hydrogen) atoms. The minimum absolute atomic E-state index is 0.0240. The van der Waals surface area contributed by atoms with E-state index in [0.717, 1.165) is 11.1 Å². The Labute approximate surface area is 168 Å². The molecule has 0 saturated carbocycles. The second-order valence-corrected chi connectivity index (χ2v) is 7.69. The van der Waals surface area contributed by atoms with E-state index in [2.05, 4.69) is 10.2 Å². The Kier molecular flexibility index (Phi) is 6.04. The van der Waals surface area contributed by atoms with Crippen LogP contribution in [0.5, 0.6) is 11.5 Å². The standard InChI is InChI=1S/C21H22N2O4S/c1-12-6-7-15(8-13(12)2)19(24)14(3)28-21-23-22-20(27-21)16-9-17(25-4)11-18(10-16)26-5/h6-11,14H,1-5H3/t14-/m0/s1. The van der Waals surface area contributed by atoms with Gasteiger partial charge in [-0.3, -0.25) is 4.79 Å². The second-order valence-electron chi connectivity index (χ2n) is 6.40. The van der Waals surface area contributed by atoms with Crippen molar-refractivity contribution in [2.45, 2.75) is 31.2 Å². The summed E-state index contributed by atoms with van der Waals surface area (Å²) in [7, 11) is 3.15.